The number of hydrogen-bond donors (Lipinski definition) is 1. The fourth-order valence-corrected chi connectivity index (χ4v) is 6.66. The highest BCUT2D eigenvalue weighted by Crippen LogP contribution is 2.46. The van der Waals surface area contributed by atoms with Gasteiger partial charge in [0.05, 0.1) is 15.1 Å². The molecule has 2 fully saturated rings. The molecule has 1 saturated heterocycles. The van der Waals surface area contributed by atoms with Crippen molar-refractivity contribution < 1.29 is 9.59 Å². The Morgan fingerprint density at radius 1 is 1.23 bits per heavy atom. The number of piperazine rings is 1. The van der Waals surface area contributed by atoms with E-state index in [2.05, 4.69) is 15.4 Å². The lowest BCUT2D eigenvalue weighted by atomic mass is 9.92. The average Bonchev–Trinajstić information content (AvgIpc) is 3.25. The summed E-state index contributed by atoms with van der Waals surface area (Å²) in [6.45, 7) is 5.18. The van der Waals surface area contributed by atoms with E-state index in [0.29, 0.717) is 5.71 Å². The van der Waals surface area contributed by atoms with Gasteiger partial charge in [0.25, 0.3) is 5.91 Å². The van der Waals surface area contributed by atoms with Crippen LogP contribution in [0.2, 0.25) is 0 Å². The first kappa shape index (κ1) is 16.8. The van der Waals surface area contributed by atoms with Crippen LogP contribution in [0.5, 0.6) is 0 Å². The molecule has 1 aromatic rings. The summed E-state index contributed by atoms with van der Waals surface area (Å²) in [4.78, 5) is 30.0. The molecule has 138 valence electrons. The normalized spacial score (nSPS) is 28.2. The second-order valence-corrected chi connectivity index (χ2v) is 9.83. The van der Waals surface area contributed by atoms with Crippen molar-refractivity contribution in [3.05, 3.63) is 16.5 Å². The van der Waals surface area contributed by atoms with Crippen LogP contribution >= 0.6 is 23.1 Å². The molecule has 1 aromatic heterocycles. The van der Waals surface area contributed by atoms with Crippen molar-refractivity contribution in [3.63, 3.8) is 0 Å². The molecule has 1 amide bonds. The molecule has 4 heterocycles. The number of carbonyl (C=O) groups is 2. The van der Waals surface area contributed by atoms with Gasteiger partial charge in [-0.3, -0.25) is 14.5 Å². The van der Waals surface area contributed by atoms with Crippen LogP contribution in [0.1, 0.15) is 41.0 Å². The SMILES string of the molecule is CC(=O)c1cc2c(s1)SCC1C(C(=O)N3CCN(C4CC4)CC3)=NNC21. The predicted molar refractivity (Wildman–Crippen MR) is 103 cm³/mol. The first-order valence-corrected chi connectivity index (χ1v) is 11.1. The first-order chi connectivity index (χ1) is 12.6. The maximum absolute atomic E-state index is 13.0. The third kappa shape index (κ3) is 2.78. The Morgan fingerprint density at radius 3 is 2.69 bits per heavy atom. The number of hydrazone groups is 1. The predicted octanol–water partition coefficient (Wildman–Crippen LogP) is 1.98. The highest BCUT2D eigenvalue weighted by Gasteiger charge is 2.43. The van der Waals surface area contributed by atoms with Gasteiger partial charge in [-0.25, -0.2) is 0 Å². The number of nitrogens with one attached hydrogen (secondary N) is 1. The number of nitrogens with zero attached hydrogens (tertiary/aromatic N) is 3. The van der Waals surface area contributed by atoms with Crippen molar-refractivity contribution >= 4 is 40.5 Å². The van der Waals surface area contributed by atoms with E-state index in [9.17, 15) is 9.59 Å². The van der Waals surface area contributed by atoms with Crippen molar-refractivity contribution in [2.75, 3.05) is 31.9 Å². The highest BCUT2D eigenvalue weighted by molar-refractivity contribution is 8.01. The third-order valence-electron chi connectivity index (χ3n) is 5.76. The topological polar surface area (TPSA) is 65.0 Å². The lowest BCUT2D eigenvalue weighted by molar-refractivity contribution is -0.126. The Balaban J connectivity index is 1.29. The lowest BCUT2D eigenvalue weighted by Crippen LogP contribution is -2.52. The average molecular weight is 391 g/mol. The van der Waals surface area contributed by atoms with Crippen molar-refractivity contribution in [2.45, 2.75) is 36.1 Å². The van der Waals surface area contributed by atoms with Crippen LogP contribution in [0.15, 0.2) is 15.4 Å². The molecule has 2 unspecified atom stereocenters. The Labute approximate surface area is 161 Å². The number of thiophene rings is 1. The summed E-state index contributed by atoms with van der Waals surface area (Å²) in [6, 6.07) is 2.78. The van der Waals surface area contributed by atoms with Gasteiger partial charge in [-0.15, -0.1) is 23.1 Å². The molecule has 0 bridgehead atoms. The van der Waals surface area contributed by atoms with E-state index >= 15 is 0 Å². The van der Waals surface area contributed by atoms with Crippen molar-refractivity contribution in [1.29, 1.82) is 0 Å². The summed E-state index contributed by atoms with van der Waals surface area (Å²) in [6.07, 6.45) is 2.63. The van der Waals surface area contributed by atoms with E-state index in [1.54, 1.807) is 30.0 Å². The minimum atomic E-state index is 0.0299. The number of fused-ring (bicyclic) bond motifs is 3. The zero-order chi connectivity index (χ0) is 17.8. The Bertz CT molecular complexity index is 793. The lowest BCUT2D eigenvalue weighted by Gasteiger charge is -2.35. The molecule has 8 heteroatoms. The summed E-state index contributed by atoms with van der Waals surface area (Å²) in [5.74, 6) is 1.13. The molecular weight excluding hydrogens is 368 g/mol. The maximum atomic E-state index is 13.0. The number of amides is 1. The van der Waals surface area contributed by atoms with Crippen LogP contribution in [0.3, 0.4) is 0 Å². The fourth-order valence-electron chi connectivity index (χ4n) is 4.09. The number of hydrogen-bond acceptors (Lipinski definition) is 7. The largest absolute Gasteiger partial charge is 0.335 e. The van der Waals surface area contributed by atoms with E-state index in [1.165, 1.54) is 17.1 Å². The quantitative estimate of drug-likeness (QED) is 0.800. The van der Waals surface area contributed by atoms with Crippen LogP contribution in [0.4, 0.5) is 0 Å². The van der Waals surface area contributed by atoms with Gasteiger partial charge in [0, 0.05) is 49.5 Å². The molecule has 6 nitrogen and oxygen atoms in total. The van der Waals surface area contributed by atoms with Gasteiger partial charge in [-0.2, -0.15) is 5.10 Å². The number of carbonyl (C=O) groups excluding carboxylic acids is 2. The number of ketones is 1. The maximum Gasteiger partial charge on any atom is 0.270 e. The summed E-state index contributed by atoms with van der Waals surface area (Å²) < 4.78 is 1.19. The Kier molecular flexibility index (Phi) is 4.10. The molecule has 4 aliphatic rings. The molecule has 2 atom stereocenters. The smallest absolute Gasteiger partial charge is 0.270 e. The van der Waals surface area contributed by atoms with E-state index in [-0.39, 0.29) is 23.7 Å². The van der Waals surface area contributed by atoms with Crippen LogP contribution in [0, 0.1) is 5.92 Å². The molecule has 0 radical (unpaired) electrons. The second kappa shape index (κ2) is 6.35. The molecule has 26 heavy (non-hydrogen) atoms. The summed E-state index contributed by atoms with van der Waals surface area (Å²) in [5.41, 5.74) is 4.99. The standard InChI is InChI=1S/C18H22N4O2S2/c1-10(23)14-8-12-15-13(9-25-18(12)26-14)16(20-19-15)17(24)22-6-4-21(5-7-22)11-2-3-11/h8,11,13,15,19H,2-7,9H2,1H3. The summed E-state index contributed by atoms with van der Waals surface area (Å²) in [7, 11) is 0. The molecule has 1 N–H and O–H groups in total. The molecule has 1 saturated carbocycles. The van der Waals surface area contributed by atoms with E-state index in [1.807, 2.05) is 11.0 Å². The van der Waals surface area contributed by atoms with Gasteiger partial charge in [-0.1, -0.05) is 0 Å². The molecular formula is C18H22N4O2S2. The third-order valence-corrected chi connectivity index (χ3v) is 8.44. The number of rotatable bonds is 3. The van der Waals surface area contributed by atoms with Crippen molar-refractivity contribution in [3.8, 4) is 0 Å². The fraction of sp³-hybridized carbons (Fsp3) is 0.611. The minimum absolute atomic E-state index is 0.0299. The van der Waals surface area contributed by atoms with E-state index in [0.717, 1.165) is 48.4 Å². The van der Waals surface area contributed by atoms with Gasteiger partial charge in [0.15, 0.2) is 5.78 Å². The monoisotopic (exact) mass is 390 g/mol. The second-order valence-electron chi connectivity index (χ2n) is 7.49. The van der Waals surface area contributed by atoms with Crippen molar-refractivity contribution in [2.24, 2.45) is 11.0 Å². The first-order valence-electron chi connectivity index (χ1n) is 9.25. The number of Topliss-reactive ketones (excluding diaryl/α,β-unsaturated/α-hetero) is 1. The zero-order valence-corrected chi connectivity index (χ0v) is 16.4. The molecule has 1 aliphatic carbocycles. The van der Waals surface area contributed by atoms with Gasteiger partial charge >= 0.3 is 0 Å². The van der Waals surface area contributed by atoms with Gasteiger partial charge < -0.3 is 10.3 Å². The van der Waals surface area contributed by atoms with Crippen LogP contribution in [-0.2, 0) is 4.79 Å². The van der Waals surface area contributed by atoms with E-state index < -0.39 is 0 Å². The highest BCUT2D eigenvalue weighted by atomic mass is 32.2. The van der Waals surface area contributed by atoms with Gasteiger partial charge in [-0.05, 0) is 25.8 Å². The molecule has 3 aliphatic heterocycles. The van der Waals surface area contributed by atoms with Crippen LogP contribution in [-0.4, -0.2) is 65.2 Å². The molecule has 0 aromatic carbocycles. The summed E-state index contributed by atoms with van der Waals surface area (Å²) in [5, 5.41) is 4.44. The van der Waals surface area contributed by atoms with Crippen molar-refractivity contribution in [1.82, 2.24) is 15.2 Å². The molecule has 5 rings (SSSR count). The van der Waals surface area contributed by atoms with Gasteiger partial charge in [0.1, 0.15) is 5.71 Å². The zero-order valence-electron chi connectivity index (χ0n) is 14.7. The summed E-state index contributed by atoms with van der Waals surface area (Å²) >= 11 is 3.31. The Hall–Kier alpha value is -1.38. The minimum Gasteiger partial charge on any atom is -0.335 e. The number of thioether (sulfide) groups is 1. The van der Waals surface area contributed by atoms with Crippen LogP contribution < -0.4 is 5.43 Å². The Morgan fingerprint density at radius 2 is 2.00 bits per heavy atom. The van der Waals surface area contributed by atoms with Crippen LogP contribution in [0.25, 0.3) is 0 Å². The van der Waals surface area contributed by atoms with E-state index in [4.69, 9.17) is 0 Å². The van der Waals surface area contributed by atoms with Gasteiger partial charge in [0.2, 0.25) is 0 Å². The molecule has 0 spiro atoms.